The molecule has 2 fully saturated rings. The number of carboxylic acid groups (broad SMARTS) is 2. The quantitative estimate of drug-likeness (QED) is 0.164. The van der Waals surface area contributed by atoms with Crippen molar-refractivity contribution in [3.63, 3.8) is 0 Å². The van der Waals surface area contributed by atoms with Crippen molar-refractivity contribution in [1.82, 2.24) is 19.6 Å². The molecule has 4 aliphatic rings. The fourth-order valence-corrected chi connectivity index (χ4v) is 8.71. The second kappa shape index (κ2) is 14.3. The van der Waals surface area contributed by atoms with E-state index in [9.17, 15) is 19.8 Å². The van der Waals surface area contributed by atoms with Crippen LogP contribution in [0, 0.1) is 0 Å². The number of methoxy groups -OCH3 is 4. The number of nitrogens with zero attached hydrogens (tertiary/aromatic N) is 4. The second-order valence-electron chi connectivity index (χ2n) is 12.8. The molecular weight excluding hydrogens is 718 g/mol. The Morgan fingerprint density at radius 2 is 0.722 bits per heavy atom. The second-order valence-corrected chi connectivity index (χ2v) is 12.8. The maximum Gasteiger partial charge on any atom is 1.00 e. The summed E-state index contributed by atoms with van der Waals surface area (Å²) < 4.78 is 23.2. The fourth-order valence-electron chi connectivity index (χ4n) is 8.71. The van der Waals surface area contributed by atoms with E-state index in [1.165, 1.54) is 52.7 Å². The van der Waals surface area contributed by atoms with E-state index in [0.29, 0.717) is 56.4 Å². The number of hydrogen-bond acceptors (Lipinski definition) is 10. The number of carboxylic acids is 2. The molecule has 4 amide bonds. The predicted octanol–water partition coefficient (Wildman–Crippen LogP) is -3.64. The van der Waals surface area contributed by atoms with E-state index in [1.54, 1.807) is 68.1 Å². The SMILES string of the molecule is COc1ccc(OC)c2c1CN1C(=O)N3Cc4c(OC)ccc(OC)c4CN4C(=O)N(C2)C1(c1ccc(C(=O)[O-])cc1)C34c1ccc(C(=O)[O-])cc1.[Na+].[Na+]. The molecule has 266 valence electrons. The third kappa shape index (κ3) is 5.07. The molecule has 4 aromatic carbocycles. The topological polar surface area (TPSA) is 164 Å². The minimum Gasteiger partial charge on any atom is -0.545 e. The van der Waals surface area contributed by atoms with E-state index in [0.717, 1.165) is 0 Å². The monoisotopic (exact) mass is 750 g/mol. The molecule has 2 saturated heterocycles. The summed E-state index contributed by atoms with van der Waals surface area (Å²) in [7, 11) is 6.08. The van der Waals surface area contributed by atoms with Crippen LogP contribution in [0.5, 0.6) is 23.0 Å². The first kappa shape index (κ1) is 39.3. The van der Waals surface area contributed by atoms with Gasteiger partial charge in [-0.05, 0) is 35.4 Å². The van der Waals surface area contributed by atoms with Crippen molar-refractivity contribution in [2.45, 2.75) is 37.5 Å². The van der Waals surface area contributed by atoms with Crippen LogP contribution in [-0.2, 0) is 37.5 Å². The van der Waals surface area contributed by atoms with Crippen molar-refractivity contribution >= 4 is 24.0 Å². The van der Waals surface area contributed by atoms with Crippen LogP contribution in [0.2, 0.25) is 0 Å². The molecule has 0 saturated carbocycles. The van der Waals surface area contributed by atoms with Gasteiger partial charge in [0, 0.05) is 33.4 Å². The molecule has 0 bridgehead atoms. The Labute approximate surface area is 354 Å². The van der Waals surface area contributed by atoms with E-state index < -0.39 is 35.3 Å². The van der Waals surface area contributed by atoms with Gasteiger partial charge in [0.1, 0.15) is 23.0 Å². The van der Waals surface area contributed by atoms with Crippen molar-refractivity contribution in [3.05, 3.63) is 117 Å². The van der Waals surface area contributed by atoms with Crippen LogP contribution in [-0.4, -0.2) is 72.0 Å². The largest absolute Gasteiger partial charge is 1.00 e. The fraction of sp³-hybridized carbons (Fsp3) is 0.263. The van der Waals surface area contributed by atoms with Gasteiger partial charge < -0.3 is 38.7 Å². The minimum atomic E-state index is -1.70. The van der Waals surface area contributed by atoms with Gasteiger partial charge in [0.15, 0.2) is 11.3 Å². The summed E-state index contributed by atoms with van der Waals surface area (Å²) in [6.45, 7) is -0.199. The van der Waals surface area contributed by atoms with Gasteiger partial charge in [-0.25, -0.2) is 9.59 Å². The number of hydrogen-bond donors (Lipinski definition) is 0. The number of benzene rings is 4. The minimum absolute atomic E-state index is 0. The number of urea groups is 2. The number of amides is 4. The van der Waals surface area contributed by atoms with Gasteiger partial charge in [-0.1, -0.05) is 48.5 Å². The molecule has 0 spiro atoms. The predicted molar refractivity (Wildman–Crippen MR) is 177 cm³/mol. The van der Waals surface area contributed by atoms with Crippen molar-refractivity contribution in [3.8, 4) is 23.0 Å². The maximum atomic E-state index is 15.5. The van der Waals surface area contributed by atoms with Crippen molar-refractivity contribution in [2.24, 2.45) is 0 Å². The van der Waals surface area contributed by atoms with Gasteiger partial charge in [0.2, 0.25) is 0 Å². The smallest absolute Gasteiger partial charge is 0.545 e. The van der Waals surface area contributed by atoms with E-state index in [1.807, 2.05) is 0 Å². The molecule has 8 rings (SSSR count). The van der Waals surface area contributed by atoms with Crippen molar-refractivity contribution < 1.29 is 107 Å². The molecule has 0 radical (unpaired) electrons. The molecule has 0 aromatic heterocycles. The molecule has 14 nitrogen and oxygen atoms in total. The molecule has 4 aliphatic heterocycles. The van der Waals surface area contributed by atoms with Gasteiger partial charge in [0.25, 0.3) is 0 Å². The maximum absolute atomic E-state index is 15.5. The molecule has 54 heavy (non-hydrogen) atoms. The van der Waals surface area contributed by atoms with Gasteiger partial charge in [-0.3, -0.25) is 19.6 Å². The first-order valence-electron chi connectivity index (χ1n) is 16.4. The molecule has 0 unspecified atom stereocenters. The molecular formula is C38H32N4Na2O10. The zero-order chi connectivity index (χ0) is 36.7. The van der Waals surface area contributed by atoms with E-state index >= 15 is 9.59 Å². The Hall–Kier alpha value is -4.44. The average molecular weight is 751 g/mol. The number of carbonyl (C=O) groups is 4. The van der Waals surface area contributed by atoms with Crippen LogP contribution in [0.4, 0.5) is 9.59 Å². The number of fused-ring (bicyclic) bond motifs is 2. The van der Waals surface area contributed by atoms with Gasteiger partial charge in [-0.15, -0.1) is 0 Å². The third-order valence-corrected chi connectivity index (χ3v) is 10.9. The summed E-state index contributed by atoms with van der Waals surface area (Å²) in [5.74, 6) is -0.890. The van der Waals surface area contributed by atoms with Crippen LogP contribution in [0.25, 0.3) is 0 Å². The summed E-state index contributed by atoms with van der Waals surface area (Å²) in [5.41, 5.74) is -0.284. The molecule has 0 N–H and O–H groups in total. The first-order chi connectivity index (χ1) is 25.1. The Balaban J connectivity index is 0.00000249. The number of carbonyl (C=O) groups excluding carboxylic acids is 4. The zero-order valence-corrected chi connectivity index (χ0v) is 34.6. The van der Waals surface area contributed by atoms with E-state index in [2.05, 4.69) is 0 Å². The Bertz CT molecular complexity index is 1960. The molecule has 0 atom stereocenters. The summed E-state index contributed by atoms with van der Waals surface area (Å²) in [5, 5.41) is 23.9. The number of aromatic carboxylic acids is 2. The Morgan fingerprint density at radius 1 is 0.481 bits per heavy atom. The van der Waals surface area contributed by atoms with Gasteiger partial charge in [0.05, 0.1) is 66.6 Å². The number of rotatable bonds is 8. The summed E-state index contributed by atoms with van der Waals surface area (Å²) >= 11 is 0. The molecule has 4 heterocycles. The Kier molecular flexibility index (Phi) is 10.4. The average Bonchev–Trinajstić information content (AvgIpc) is 3.31. The van der Waals surface area contributed by atoms with Crippen LogP contribution in [0.15, 0.2) is 72.8 Å². The zero-order valence-electron chi connectivity index (χ0n) is 30.6. The standard InChI is InChI=1S/C38H34N4O10.2Na/c1-49-29-13-14-30(50-2)26-18-40-36(48)42-20-28-27(31(51-3)15-16-32(28)52-4)19-41-35(47)39(17-25(26)29)37(40,23-9-5-21(6-10-23)33(43)44)38(41,42)24-11-7-22(8-12-24)34(45)46;;/h5-16H,17-20H2,1-4H3,(H,43,44)(H,45,46);;/q;2*+1/p-2. The van der Waals surface area contributed by atoms with Crippen molar-refractivity contribution in [1.29, 1.82) is 0 Å². The number of ether oxygens (including phenoxy) is 4. The van der Waals surface area contributed by atoms with Gasteiger partial charge in [-0.2, -0.15) is 0 Å². The first-order valence-corrected chi connectivity index (χ1v) is 16.4. The normalized spacial score (nSPS) is 20.4. The Morgan fingerprint density at radius 3 is 0.926 bits per heavy atom. The molecule has 4 aromatic rings. The van der Waals surface area contributed by atoms with Crippen LogP contribution in [0.3, 0.4) is 0 Å². The molecule has 16 heteroatoms. The van der Waals surface area contributed by atoms with Crippen LogP contribution >= 0.6 is 0 Å². The van der Waals surface area contributed by atoms with Crippen LogP contribution < -0.4 is 88.3 Å². The van der Waals surface area contributed by atoms with Crippen molar-refractivity contribution in [2.75, 3.05) is 28.4 Å². The summed E-state index contributed by atoms with van der Waals surface area (Å²) in [4.78, 5) is 61.4. The van der Waals surface area contributed by atoms with E-state index in [4.69, 9.17) is 18.9 Å². The molecule has 0 aliphatic carbocycles. The van der Waals surface area contributed by atoms with Gasteiger partial charge >= 0.3 is 71.2 Å². The van der Waals surface area contributed by atoms with Crippen LogP contribution in [0.1, 0.15) is 54.1 Å². The van der Waals surface area contributed by atoms with E-state index in [-0.39, 0.29) is 96.4 Å². The summed E-state index contributed by atoms with van der Waals surface area (Å²) in [6.07, 6.45) is 0. The third-order valence-electron chi connectivity index (χ3n) is 10.9. The summed E-state index contributed by atoms with van der Waals surface area (Å²) in [6, 6.07) is 17.9.